The second kappa shape index (κ2) is 8.83. The van der Waals surface area contributed by atoms with E-state index >= 15 is 0 Å². The Bertz CT molecular complexity index is 536. The molecule has 1 aromatic rings. The number of thioether (sulfide) groups is 1. The second-order valence-electron chi connectivity index (χ2n) is 6.14. The van der Waals surface area contributed by atoms with Crippen LogP contribution in [0.1, 0.15) is 0 Å². The van der Waals surface area contributed by atoms with Crippen LogP contribution in [0.25, 0.3) is 0 Å². The summed E-state index contributed by atoms with van der Waals surface area (Å²) in [6, 6.07) is 8.04. The van der Waals surface area contributed by atoms with E-state index in [4.69, 9.17) is 17.3 Å². The van der Waals surface area contributed by atoms with Crippen LogP contribution in [0.3, 0.4) is 0 Å². The molecule has 0 radical (unpaired) electrons. The van der Waals surface area contributed by atoms with E-state index in [0.717, 1.165) is 44.3 Å². The minimum absolute atomic E-state index is 0.692. The van der Waals surface area contributed by atoms with Crippen molar-refractivity contribution >= 4 is 35.0 Å². The third kappa shape index (κ3) is 4.94. The smallest absolute Gasteiger partial charge is 0.191 e. The molecule has 2 heterocycles. The molecule has 2 N–H and O–H groups in total. The van der Waals surface area contributed by atoms with E-state index in [2.05, 4.69) is 31.8 Å². The van der Waals surface area contributed by atoms with E-state index in [-0.39, 0.29) is 0 Å². The average Bonchev–Trinajstić information content (AvgIpc) is 2.63. The minimum atomic E-state index is 0.692. The van der Waals surface area contributed by atoms with Crippen molar-refractivity contribution in [3.8, 4) is 0 Å². The van der Waals surface area contributed by atoms with Gasteiger partial charge in [0.2, 0.25) is 0 Å². The van der Waals surface area contributed by atoms with Crippen LogP contribution in [0, 0.1) is 0 Å². The van der Waals surface area contributed by atoms with Crippen LogP contribution in [-0.4, -0.2) is 79.6 Å². The summed E-state index contributed by atoms with van der Waals surface area (Å²) in [4.78, 5) is 11.6. The zero-order chi connectivity index (χ0) is 16.8. The molecule has 2 saturated heterocycles. The fourth-order valence-corrected chi connectivity index (χ4v) is 4.18. The number of anilines is 1. The Balaban J connectivity index is 1.43. The lowest BCUT2D eigenvalue weighted by molar-refractivity contribution is 0.310. The molecule has 0 atom stereocenters. The zero-order valence-corrected chi connectivity index (χ0v) is 15.6. The standard InChI is InChI=1S/C17H26ClN5S/c18-15-1-3-16(4-2-15)22-7-9-23(10-8-22)17(19)20-5-6-21-11-13-24-14-12-21/h1-4H,5-14H2,(H2,19,20). The highest BCUT2D eigenvalue weighted by molar-refractivity contribution is 7.99. The molecule has 2 fully saturated rings. The highest BCUT2D eigenvalue weighted by atomic mass is 35.5. The van der Waals surface area contributed by atoms with Crippen molar-refractivity contribution in [1.29, 1.82) is 0 Å². The third-order valence-electron chi connectivity index (χ3n) is 4.59. The molecule has 0 unspecified atom stereocenters. The van der Waals surface area contributed by atoms with Gasteiger partial charge in [-0.25, -0.2) is 0 Å². The number of guanidine groups is 1. The zero-order valence-electron chi connectivity index (χ0n) is 14.0. The summed E-state index contributed by atoms with van der Waals surface area (Å²) in [6.07, 6.45) is 0. The fourth-order valence-electron chi connectivity index (χ4n) is 3.08. The summed E-state index contributed by atoms with van der Waals surface area (Å²) >= 11 is 7.99. The van der Waals surface area contributed by atoms with Crippen molar-refractivity contribution in [2.24, 2.45) is 10.7 Å². The maximum absolute atomic E-state index is 6.19. The predicted molar refractivity (Wildman–Crippen MR) is 105 cm³/mol. The molecule has 7 heteroatoms. The van der Waals surface area contributed by atoms with Crippen LogP contribution >= 0.6 is 23.4 Å². The average molecular weight is 368 g/mol. The molecule has 2 aliphatic heterocycles. The molecule has 0 aliphatic carbocycles. The van der Waals surface area contributed by atoms with Crippen molar-refractivity contribution in [1.82, 2.24) is 9.80 Å². The van der Waals surface area contributed by atoms with Crippen LogP contribution in [0.2, 0.25) is 5.02 Å². The summed E-state index contributed by atoms with van der Waals surface area (Å²) in [5, 5.41) is 0.779. The summed E-state index contributed by atoms with van der Waals surface area (Å²) in [5.41, 5.74) is 7.41. The molecule has 2 aliphatic rings. The van der Waals surface area contributed by atoms with Crippen LogP contribution < -0.4 is 10.6 Å². The van der Waals surface area contributed by atoms with E-state index < -0.39 is 0 Å². The lowest BCUT2D eigenvalue weighted by Gasteiger charge is -2.36. The first-order valence-corrected chi connectivity index (χ1v) is 10.1. The number of piperazine rings is 1. The Labute approximate surface area is 153 Å². The maximum Gasteiger partial charge on any atom is 0.191 e. The number of hydrogen-bond acceptors (Lipinski definition) is 4. The lowest BCUT2D eigenvalue weighted by atomic mass is 10.2. The molecule has 0 spiro atoms. The second-order valence-corrected chi connectivity index (χ2v) is 7.81. The summed E-state index contributed by atoms with van der Waals surface area (Å²) in [6.45, 7) is 7.93. The van der Waals surface area contributed by atoms with Gasteiger partial charge in [-0.2, -0.15) is 11.8 Å². The number of nitrogens with two attached hydrogens (primary N) is 1. The van der Waals surface area contributed by atoms with Crippen LogP contribution in [0.15, 0.2) is 29.3 Å². The first kappa shape index (κ1) is 17.7. The van der Waals surface area contributed by atoms with Crippen molar-refractivity contribution in [3.05, 3.63) is 29.3 Å². The molecule has 0 saturated carbocycles. The van der Waals surface area contributed by atoms with Crippen LogP contribution in [-0.2, 0) is 0 Å². The van der Waals surface area contributed by atoms with Gasteiger partial charge in [-0.05, 0) is 24.3 Å². The van der Waals surface area contributed by atoms with Crippen LogP contribution in [0.5, 0.6) is 0 Å². The molecule has 0 bridgehead atoms. The number of aliphatic imine (C=N–C) groups is 1. The summed E-state index contributed by atoms with van der Waals surface area (Å²) in [5.74, 6) is 3.18. The van der Waals surface area contributed by atoms with Gasteiger partial charge in [0.1, 0.15) is 0 Å². The van der Waals surface area contributed by atoms with Gasteiger partial charge < -0.3 is 15.5 Å². The van der Waals surface area contributed by atoms with Gasteiger partial charge in [0, 0.05) is 68.0 Å². The SMILES string of the molecule is NC(=NCCN1CCSCC1)N1CCN(c2ccc(Cl)cc2)CC1. The molecule has 0 aromatic heterocycles. The highest BCUT2D eigenvalue weighted by Gasteiger charge is 2.18. The number of rotatable bonds is 4. The monoisotopic (exact) mass is 367 g/mol. The van der Waals surface area contributed by atoms with Gasteiger partial charge in [-0.15, -0.1) is 0 Å². The van der Waals surface area contributed by atoms with Crippen molar-refractivity contribution < 1.29 is 0 Å². The van der Waals surface area contributed by atoms with Crippen molar-refractivity contribution in [2.45, 2.75) is 0 Å². The van der Waals surface area contributed by atoms with Crippen molar-refractivity contribution in [2.75, 3.05) is 68.8 Å². The van der Waals surface area contributed by atoms with E-state index in [9.17, 15) is 0 Å². The Morgan fingerprint density at radius 3 is 2.38 bits per heavy atom. The molecule has 5 nitrogen and oxygen atoms in total. The van der Waals surface area contributed by atoms with E-state index in [1.54, 1.807) is 0 Å². The Morgan fingerprint density at radius 1 is 1.04 bits per heavy atom. The lowest BCUT2D eigenvalue weighted by Crippen LogP contribution is -2.51. The van der Waals surface area contributed by atoms with Gasteiger partial charge in [-0.1, -0.05) is 11.6 Å². The topological polar surface area (TPSA) is 48.1 Å². The van der Waals surface area contributed by atoms with Gasteiger partial charge in [0.25, 0.3) is 0 Å². The largest absolute Gasteiger partial charge is 0.370 e. The molecule has 1 aromatic carbocycles. The third-order valence-corrected chi connectivity index (χ3v) is 5.78. The van der Waals surface area contributed by atoms with Crippen molar-refractivity contribution in [3.63, 3.8) is 0 Å². The van der Waals surface area contributed by atoms with Gasteiger partial charge in [0.15, 0.2) is 5.96 Å². The van der Waals surface area contributed by atoms with Gasteiger partial charge in [0.05, 0.1) is 6.54 Å². The Morgan fingerprint density at radius 2 is 1.71 bits per heavy atom. The highest BCUT2D eigenvalue weighted by Crippen LogP contribution is 2.19. The number of benzene rings is 1. The minimum Gasteiger partial charge on any atom is -0.370 e. The first-order valence-electron chi connectivity index (χ1n) is 8.58. The summed E-state index contributed by atoms with van der Waals surface area (Å²) in [7, 11) is 0. The van der Waals surface area contributed by atoms with E-state index in [1.807, 2.05) is 23.9 Å². The Hall–Kier alpha value is -1.11. The fraction of sp³-hybridized carbons (Fsp3) is 0.588. The number of halogens is 1. The quantitative estimate of drug-likeness (QED) is 0.649. The van der Waals surface area contributed by atoms with Gasteiger partial charge in [-0.3, -0.25) is 9.89 Å². The van der Waals surface area contributed by atoms with E-state index in [1.165, 1.54) is 30.3 Å². The molecule has 0 amide bonds. The molecule has 3 rings (SSSR count). The first-order chi connectivity index (χ1) is 11.7. The maximum atomic E-state index is 6.19. The number of nitrogens with zero attached hydrogens (tertiary/aromatic N) is 4. The molecule has 132 valence electrons. The Kier molecular flexibility index (Phi) is 6.51. The normalized spacial score (nSPS) is 20.5. The van der Waals surface area contributed by atoms with Gasteiger partial charge >= 0.3 is 0 Å². The molecule has 24 heavy (non-hydrogen) atoms. The van der Waals surface area contributed by atoms with E-state index in [0.29, 0.717) is 5.96 Å². The number of hydrogen-bond donors (Lipinski definition) is 1. The summed E-state index contributed by atoms with van der Waals surface area (Å²) < 4.78 is 0. The van der Waals surface area contributed by atoms with Crippen LogP contribution in [0.4, 0.5) is 5.69 Å². The molecular weight excluding hydrogens is 342 g/mol. The predicted octanol–water partition coefficient (Wildman–Crippen LogP) is 1.83. The molecular formula is C17H26ClN5S.